The van der Waals surface area contributed by atoms with Gasteiger partial charge < -0.3 is 10.6 Å². The van der Waals surface area contributed by atoms with Gasteiger partial charge in [-0.3, -0.25) is 4.79 Å². The summed E-state index contributed by atoms with van der Waals surface area (Å²) in [5.74, 6) is -0.0623. The van der Waals surface area contributed by atoms with Crippen LogP contribution < -0.4 is 10.6 Å². The van der Waals surface area contributed by atoms with Crippen molar-refractivity contribution in [1.82, 2.24) is 10.6 Å². The first-order valence-corrected chi connectivity index (χ1v) is 6.94. The highest BCUT2D eigenvalue weighted by molar-refractivity contribution is 5.94. The molecular weight excluding hydrogens is 255 g/mol. The van der Waals surface area contributed by atoms with Crippen LogP contribution in [0.1, 0.15) is 32.4 Å². The highest BCUT2D eigenvalue weighted by atomic mass is 19.1. The van der Waals surface area contributed by atoms with Crippen molar-refractivity contribution in [2.75, 3.05) is 13.1 Å². The molecule has 1 atom stereocenters. The first kappa shape index (κ1) is 14.7. The van der Waals surface area contributed by atoms with Gasteiger partial charge in [0.1, 0.15) is 5.82 Å². The molecule has 0 spiro atoms. The quantitative estimate of drug-likeness (QED) is 0.830. The molecule has 3 nitrogen and oxygen atoms in total. The van der Waals surface area contributed by atoms with E-state index < -0.39 is 0 Å². The van der Waals surface area contributed by atoms with E-state index in [1.54, 1.807) is 12.1 Å². The summed E-state index contributed by atoms with van der Waals surface area (Å²) in [6, 6.07) is 6.21. The van der Waals surface area contributed by atoms with Crippen LogP contribution in [0.25, 0.3) is 0 Å². The van der Waals surface area contributed by atoms with Gasteiger partial charge in [-0.25, -0.2) is 4.39 Å². The molecule has 0 saturated carbocycles. The van der Waals surface area contributed by atoms with Gasteiger partial charge >= 0.3 is 0 Å². The molecule has 1 saturated heterocycles. The Morgan fingerprint density at radius 2 is 1.85 bits per heavy atom. The third-order valence-corrected chi connectivity index (χ3v) is 3.73. The lowest BCUT2D eigenvalue weighted by molar-refractivity contribution is -0.118. The first-order chi connectivity index (χ1) is 9.49. The Bertz CT molecular complexity index is 514. The van der Waals surface area contributed by atoms with Gasteiger partial charge in [0.2, 0.25) is 5.91 Å². The van der Waals surface area contributed by atoms with Crippen LogP contribution >= 0.6 is 0 Å². The van der Waals surface area contributed by atoms with Crippen LogP contribution in [0.3, 0.4) is 0 Å². The number of carbonyl (C=O) groups excluding carboxylic acids is 1. The number of benzene rings is 1. The fourth-order valence-electron chi connectivity index (χ4n) is 2.23. The van der Waals surface area contributed by atoms with E-state index in [1.165, 1.54) is 12.1 Å². The van der Waals surface area contributed by atoms with Gasteiger partial charge in [0.15, 0.2) is 0 Å². The number of nitrogens with one attached hydrogen (secondary N) is 2. The van der Waals surface area contributed by atoms with E-state index in [4.69, 9.17) is 0 Å². The zero-order chi connectivity index (χ0) is 14.7. The molecule has 2 rings (SSSR count). The third kappa shape index (κ3) is 3.25. The largest absolute Gasteiger partial charge is 0.345 e. The molecule has 108 valence electrons. The van der Waals surface area contributed by atoms with Gasteiger partial charge in [-0.2, -0.15) is 0 Å². The van der Waals surface area contributed by atoms with Gasteiger partial charge in [-0.05, 0) is 36.1 Å². The highest BCUT2D eigenvalue weighted by Crippen LogP contribution is 2.23. The van der Waals surface area contributed by atoms with E-state index in [0.29, 0.717) is 0 Å². The lowest BCUT2D eigenvalue weighted by Crippen LogP contribution is -2.39. The number of rotatable bonds is 4. The number of hydrogen-bond acceptors (Lipinski definition) is 2. The van der Waals surface area contributed by atoms with Crippen molar-refractivity contribution in [3.05, 3.63) is 46.8 Å². The van der Waals surface area contributed by atoms with Crippen molar-refractivity contribution in [1.29, 1.82) is 0 Å². The Labute approximate surface area is 119 Å². The summed E-state index contributed by atoms with van der Waals surface area (Å²) in [5, 5.41) is 6.19. The molecule has 0 aromatic heterocycles. The second-order valence-electron chi connectivity index (χ2n) is 5.58. The van der Waals surface area contributed by atoms with Gasteiger partial charge in [0, 0.05) is 18.7 Å². The minimum Gasteiger partial charge on any atom is -0.345 e. The third-order valence-electron chi connectivity index (χ3n) is 3.73. The topological polar surface area (TPSA) is 41.1 Å². The van der Waals surface area contributed by atoms with Crippen LogP contribution in [0.4, 0.5) is 4.39 Å². The van der Waals surface area contributed by atoms with Crippen LogP contribution in [0.5, 0.6) is 0 Å². The van der Waals surface area contributed by atoms with Gasteiger partial charge in [0.25, 0.3) is 0 Å². The first-order valence-electron chi connectivity index (χ1n) is 6.94. The molecule has 1 aromatic carbocycles. The SMILES string of the molecule is CC(C(=O)NC(c1ccc(F)cc1)C(C)C)=C1CNC1. The van der Waals surface area contributed by atoms with Crippen LogP contribution in [0, 0.1) is 11.7 Å². The van der Waals surface area contributed by atoms with E-state index in [1.807, 2.05) is 20.8 Å². The van der Waals surface area contributed by atoms with Crippen molar-refractivity contribution in [3.8, 4) is 0 Å². The lowest BCUT2D eigenvalue weighted by atomic mass is 9.95. The Balaban J connectivity index is 2.13. The molecule has 4 heteroatoms. The molecule has 0 radical (unpaired) electrons. The van der Waals surface area contributed by atoms with Crippen LogP contribution in [0.2, 0.25) is 0 Å². The van der Waals surface area contributed by atoms with Crippen LogP contribution in [-0.4, -0.2) is 19.0 Å². The van der Waals surface area contributed by atoms with Gasteiger partial charge in [-0.1, -0.05) is 26.0 Å². The molecule has 0 aliphatic carbocycles. The summed E-state index contributed by atoms with van der Waals surface area (Å²) >= 11 is 0. The predicted molar refractivity (Wildman–Crippen MR) is 77.7 cm³/mol. The Kier molecular flexibility index (Phi) is 4.55. The van der Waals surface area contributed by atoms with Crippen molar-refractivity contribution in [3.63, 3.8) is 0 Å². The molecule has 1 aliphatic rings. The van der Waals surface area contributed by atoms with Crippen LogP contribution in [-0.2, 0) is 4.79 Å². The molecule has 1 aromatic rings. The van der Waals surface area contributed by atoms with Crippen molar-refractivity contribution >= 4 is 5.91 Å². The van der Waals surface area contributed by atoms with Crippen molar-refractivity contribution in [2.45, 2.75) is 26.8 Å². The van der Waals surface area contributed by atoms with E-state index in [2.05, 4.69) is 10.6 Å². The van der Waals surface area contributed by atoms with Crippen molar-refractivity contribution < 1.29 is 9.18 Å². The number of hydrogen-bond donors (Lipinski definition) is 2. The van der Waals surface area contributed by atoms with Crippen LogP contribution in [0.15, 0.2) is 35.4 Å². The number of halogens is 1. The maximum Gasteiger partial charge on any atom is 0.247 e. The summed E-state index contributed by atoms with van der Waals surface area (Å²) in [7, 11) is 0. The van der Waals surface area contributed by atoms with Gasteiger partial charge in [0.05, 0.1) is 6.04 Å². The zero-order valence-corrected chi connectivity index (χ0v) is 12.2. The molecule has 0 bridgehead atoms. The summed E-state index contributed by atoms with van der Waals surface area (Å²) < 4.78 is 13.0. The maximum atomic E-state index is 13.0. The molecule has 20 heavy (non-hydrogen) atoms. The monoisotopic (exact) mass is 276 g/mol. The summed E-state index contributed by atoms with van der Waals surface area (Å²) in [5.41, 5.74) is 2.87. The molecule has 1 unspecified atom stereocenters. The fourth-order valence-corrected chi connectivity index (χ4v) is 2.23. The average molecular weight is 276 g/mol. The second kappa shape index (κ2) is 6.18. The zero-order valence-electron chi connectivity index (χ0n) is 12.2. The molecule has 1 aliphatic heterocycles. The Morgan fingerprint density at radius 1 is 1.25 bits per heavy atom. The minimum atomic E-state index is -0.263. The molecule has 2 N–H and O–H groups in total. The van der Waals surface area contributed by atoms with E-state index >= 15 is 0 Å². The molecule has 1 fully saturated rings. The minimum absolute atomic E-state index is 0.0375. The number of amides is 1. The molecule has 1 amide bonds. The van der Waals surface area contributed by atoms with E-state index in [0.717, 1.165) is 29.8 Å². The van der Waals surface area contributed by atoms with Crippen molar-refractivity contribution in [2.24, 2.45) is 5.92 Å². The van der Waals surface area contributed by atoms with Gasteiger partial charge in [-0.15, -0.1) is 0 Å². The predicted octanol–water partition coefficient (Wildman–Crippen LogP) is 2.56. The normalized spacial score (nSPS) is 15.8. The Morgan fingerprint density at radius 3 is 2.30 bits per heavy atom. The fraction of sp³-hybridized carbons (Fsp3) is 0.438. The average Bonchev–Trinajstić information content (AvgIpc) is 2.34. The summed E-state index contributed by atoms with van der Waals surface area (Å²) in [6.07, 6.45) is 0. The smallest absolute Gasteiger partial charge is 0.247 e. The van der Waals surface area contributed by atoms with E-state index in [-0.39, 0.29) is 23.7 Å². The standard InChI is InChI=1S/C16H21FN2O/c1-10(2)15(12-4-6-14(17)7-5-12)19-16(20)11(3)13-8-18-9-13/h4-7,10,15,18H,8-9H2,1-3H3,(H,19,20). The molecule has 1 heterocycles. The maximum absolute atomic E-state index is 13.0. The Hall–Kier alpha value is -1.68. The second-order valence-corrected chi connectivity index (χ2v) is 5.58. The highest BCUT2D eigenvalue weighted by Gasteiger charge is 2.21. The summed E-state index contributed by atoms with van der Waals surface area (Å²) in [4.78, 5) is 12.3. The summed E-state index contributed by atoms with van der Waals surface area (Å²) in [6.45, 7) is 7.53. The molecular formula is C16H21FN2O. The lowest BCUT2D eigenvalue weighted by Gasteiger charge is -2.26. The number of carbonyl (C=O) groups is 1. The van der Waals surface area contributed by atoms with E-state index in [9.17, 15) is 9.18 Å².